The van der Waals surface area contributed by atoms with Crippen LogP contribution in [0.3, 0.4) is 0 Å². The predicted molar refractivity (Wildman–Crippen MR) is 72.0 cm³/mol. The molecule has 2 N–H and O–H groups in total. The molecule has 0 saturated carbocycles. The van der Waals surface area contributed by atoms with Crippen LogP contribution in [0.15, 0.2) is 22.9 Å². The smallest absolute Gasteiger partial charge is 0.357 e. The molecule has 118 valence electrons. The Hall–Kier alpha value is -2.16. The Morgan fingerprint density at radius 2 is 1.95 bits per heavy atom. The van der Waals surface area contributed by atoms with Gasteiger partial charge in [-0.25, -0.2) is 4.98 Å². The van der Waals surface area contributed by atoms with Crippen LogP contribution in [0.25, 0.3) is 11.4 Å². The van der Waals surface area contributed by atoms with Gasteiger partial charge in [0.05, 0.1) is 0 Å². The monoisotopic (exact) mass is 313 g/mol. The quantitative estimate of drug-likeness (QED) is 0.914. The topological polar surface area (TPSA) is 81.1 Å². The van der Waals surface area contributed by atoms with Gasteiger partial charge >= 0.3 is 12.1 Å². The lowest BCUT2D eigenvalue weighted by Gasteiger charge is -2.31. The summed E-state index contributed by atoms with van der Waals surface area (Å²) in [5, 5.41) is 3.33. The molecule has 0 aromatic carbocycles. The minimum Gasteiger partial charge on any atom is -0.357 e. The molecule has 0 amide bonds. The van der Waals surface area contributed by atoms with E-state index in [1.807, 2.05) is 0 Å². The Labute approximate surface area is 124 Å². The van der Waals surface area contributed by atoms with E-state index in [9.17, 15) is 13.2 Å². The first-order chi connectivity index (χ1) is 10.4. The molecule has 0 atom stereocenters. The highest BCUT2D eigenvalue weighted by molar-refractivity contribution is 5.56. The number of rotatable bonds is 2. The second-order valence-corrected chi connectivity index (χ2v) is 5.15. The fourth-order valence-corrected chi connectivity index (χ4v) is 2.29. The van der Waals surface area contributed by atoms with E-state index >= 15 is 0 Å². The third kappa shape index (κ3) is 3.03. The molecule has 9 heteroatoms. The van der Waals surface area contributed by atoms with Crippen molar-refractivity contribution >= 4 is 5.82 Å². The minimum atomic E-state index is -4.65. The van der Waals surface area contributed by atoms with Crippen LogP contribution in [0.2, 0.25) is 0 Å². The third-order valence-corrected chi connectivity index (χ3v) is 3.54. The first kappa shape index (κ1) is 14.8. The van der Waals surface area contributed by atoms with Crippen molar-refractivity contribution in [3.8, 4) is 11.4 Å². The molecule has 0 bridgehead atoms. The van der Waals surface area contributed by atoms with Crippen molar-refractivity contribution in [3.63, 3.8) is 0 Å². The molecule has 3 heterocycles. The van der Waals surface area contributed by atoms with Gasteiger partial charge in [0, 0.05) is 30.9 Å². The summed E-state index contributed by atoms with van der Waals surface area (Å²) in [4.78, 5) is 9.68. The van der Waals surface area contributed by atoms with Crippen LogP contribution in [0, 0.1) is 0 Å². The lowest BCUT2D eigenvalue weighted by Crippen LogP contribution is -2.40. The maximum atomic E-state index is 12.4. The van der Waals surface area contributed by atoms with E-state index < -0.39 is 12.1 Å². The van der Waals surface area contributed by atoms with Gasteiger partial charge in [-0.1, -0.05) is 5.16 Å². The van der Waals surface area contributed by atoms with Gasteiger partial charge in [0.2, 0.25) is 5.82 Å². The van der Waals surface area contributed by atoms with Gasteiger partial charge < -0.3 is 15.2 Å². The Bertz CT molecular complexity index is 632. The van der Waals surface area contributed by atoms with Crippen LogP contribution >= 0.6 is 0 Å². The van der Waals surface area contributed by atoms with Crippen molar-refractivity contribution in [3.05, 3.63) is 24.2 Å². The van der Waals surface area contributed by atoms with Gasteiger partial charge in [-0.05, 0) is 25.0 Å². The summed E-state index contributed by atoms with van der Waals surface area (Å²) in [5.74, 6) is -0.737. The summed E-state index contributed by atoms with van der Waals surface area (Å²) in [5.41, 5.74) is 6.22. The second kappa shape index (κ2) is 5.56. The lowest BCUT2D eigenvalue weighted by molar-refractivity contribution is -0.159. The van der Waals surface area contributed by atoms with Crippen LogP contribution in [-0.2, 0) is 6.18 Å². The number of halogens is 3. The zero-order valence-electron chi connectivity index (χ0n) is 11.5. The molecule has 22 heavy (non-hydrogen) atoms. The third-order valence-electron chi connectivity index (χ3n) is 3.54. The predicted octanol–water partition coefficient (Wildman–Crippen LogP) is 2.08. The summed E-state index contributed by atoms with van der Waals surface area (Å²) in [6, 6.07) is 3.58. The molecule has 0 radical (unpaired) electrons. The van der Waals surface area contributed by atoms with Crippen LogP contribution in [0.5, 0.6) is 0 Å². The molecule has 1 saturated heterocycles. The van der Waals surface area contributed by atoms with Crippen LogP contribution in [0.4, 0.5) is 19.0 Å². The highest BCUT2D eigenvalue weighted by Gasteiger charge is 2.38. The van der Waals surface area contributed by atoms with Crippen molar-refractivity contribution in [2.24, 2.45) is 5.73 Å². The number of hydrogen-bond acceptors (Lipinski definition) is 6. The Morgan fingerprint density at radius 1 is 1.23 bits per heavy atom. The summed E-state index contributed by atoms with van der Waals surface area (Å²) >= 11 is 0. The first-order valence-electron chi connectivity index (χ1n) is 6.81. The minimum absolute atomic E-state index is 0.132. The van der Waals surface area contributed by atoms with Gasteiger partial charge in [0.1, 0.15) is 5.82 Å². The van der Waals surface area contributed by atoms with Crippen molar-refractivity contribution in [2.75, 3.05) is 18.0 Å². The fraction of sp³-hybridized carbons (Fsp3) is 0.462. The summed E-state index contributed by atoms with van der Waals surface area (Å²) in [6.07, 6.45) is -1.42. The first-order valence-corrected chi connectivity index (χ1v) is 6.81. The van der Waals surface area contributed by atoms with E-state index in [0.717, 1.165) is 31.7 Å². The van der Waals surface area contributed by atoms with Gasteiger partial charge in [-0.3, -0.25) is 0 Å². The fourth-order valence-electron chi connectivity index (χ4n) is 2.29. The molecule has 1 aliphatic rings. The average molecular weight is 313 g/mol. The molecule has 2 aromatic rings. The lowest BCUT2D eigenvalue weighted by atomic mass is 10.1. The molecule has 0 unspecified atom stereocenters. The average Bonchev–Trinajstić information content (AvgIpc) is 2.98. The van der Waals surface area contributed by atoms with Gasteiger partial charge in [-0.15, -0.1) is 0 Å². The molecular formula is C13H14F3N5O. The summed E-state index contributed by atoms with van der Waals surface area (Å²) in [6.45, 7) is 1.63. The van der Waals surface area contributed by atoms with Crippen LogP contribution in [0.1, 0.15) is 18.7 Å². The van der Waals surface area contributed by atoms with Crippen LogP contribution in [-0.4, -0.2) is 34.3 Å². The number of alkyl halides is 3. The molecule has 0 spiro atoms. The number of nitrogens with two attached hydrogens (primary N) is 1. The number of nitrogens with zero attached hydrogens (tertiary/aromatic N) is 4. The number of piperidine rings is 1. The molecule has 6 nitrogen and oxygen atoms in total. The molecule has 1 aliphatic heterocycles. The highest BCUT2D eigenvalue weighted by Crippen LogP contribution is 2.29. The number of anilines is 1. The number of pyridine rings is 1. The van der Waals surface area contributed by atoms with E-state index in [2.05, 4.69) is 24.5 Å². The molecular weight excluding hydrogens is 299 g/mol. The van der Waals surface area contributed by atoms with Gasteiger partial charge in [0.15, 0.2) is 0 Å². The van der Waals surface area contributed by atoms with E-state index in [0.29, 0.717) is 5.56 Å². The summed E-state index contributed by atoms with van der Waals surface area (Å²) < 4.78 is 41.5. The largest absolute Gasteiger partial charge is 0.471 e. The zero-order valence-corrected chi connectivity index (χ0v) is 11.5. The maximum absolute atomic E-state index is 12.4. The Balaban J connectivity index is 1.75. The summed E-state index contributed by atoms with van der Waals surface area (Å²) in [7, 11) is 0. The second-order valence-electron chi connectivity index (χ2n) is 5.15. The van der Waals surface area contributed by atoms with E-state index in [1.54, 1.807) is 12.1 Å². The van der Waals surface area contributed by atoms with Crippen LogP contribution < -0.4 is 10.6 Å². The molecule has 0 aliphatic carbocycles. The van der Waals surface area contributed by atoms with E-state index in [4.69, 9.17) is 5.73 Å². The number of aromatic nitrogens is 3. The molecule has 1 fully saturated rings. The molecule has 2 aromatic heterocycles. The Kier molecular flexibility index (Phi) is 3.73. The number of hydrogen-bond donors (Lipinski definition) is 1. The van der Waals surface area contributed by atoms with E-state index in [-0.39, 0.29) is 11.9 Å². The van der Waals surface area contributed by atoms with E-state index in [1.165, 1.54) is 6.20 Å². The van der Waals surface area contributed by atoms with Crippen molar-refractivity contribution < 1.29 is 17.7 Å². The Morgan fingerprint density at radius 3 is 2.50 bits per heavy atom. The van der Waals surface area contributed by atoms with Crippen molar-refractivity contribution in [1.29, 1.82) is 0 Å². The van der Waals surface area contributed by atoms with Gasteiger partial charge in [-0.2, -0.15) is 18.2 Å². The van der Waals surface area contributed by atoms with Crippen molar-refractivity contribution in [2.45, 2.75) is 25.1 Å². The van der Waals surface area contributed by atoms with Crippen molar-refractivity contribution in [1.82, 2.24) is 15.1 Å². The maximum Gasteiger partial charge on any atom is 0.471 e. The normalized spacial score (nSPS) is 17.0. The van der Waals surface area contributed by atoms with Gasteiger partial charge in [0.25, 0.3) is 0 Å². The highest BCUT2D eigenvalue weighted by atomic mass is 19.4. The SMILES string of the molecule is NC1CCN(c2ccc(-c3noc(C(F)(F)F)n3)cn2)CC1. The molecule has 3 rings (SSSR count). The zero-order chi connectivity index (χ0) is 15.7. The standard InChI is InChI=1S/C13H14F3N5O/c14-13(15,16)12-19-11(20-22-12)8-1-2-10(18-7-8)21-5-3-9(17)4-6-21/h1-2,7,9H,3-6,17H2.